The molecule has 1 aromatic heterocycles. The Hall–Kier alpha value is -2.34. The van der Waals surface area contributed by atoms with E-state index in [1.54, 1.807) is 17.3 Å². The molecule has 0 fully saturated rings. The largest absolute Gasteiger partial charge is 0.348 e. The number of para-hydroxylation sites is 1. The van der Waals surface area contributed by atoms with Gasteiger partial charge >= 0.3 is 0 Å². The molecule has 3 rings (SSSR count). The van der Waals surface area contributed by atoms with Gasteiger partial charge in [0, 0.05) is 17.3 Å². The van der Waals surface area contributed by atoms with Gasteiger partial charge in [-0.1, -0.05) is 12.1 Å². The maximum atomic E-state index is 12.3. The van der Waals surface area contributed by atoms with Gasteiger partial charge in [-0.2, -0.15) is 0 Å². The predicted octanol–water partition coefficient (Wildman–Crippen LogP) is 2.40. The Morgan fingerprint density at radius 2 is 2.04 bits per heavy atom. The van der Waals surface area contributed by atoms with Crippen molar-refractivity contribution in [1.82, 2.24) is 10.3 Å². The molecule has 0 radical (unpaired) electrons. The number of hydrogen-bond acceptors (Lipinski definition) is 4. The number of rotatable bonds is 4. The van der Waals surface area contributed by atoms with E-state index >= 15 is 0 Å². The second-order valence-corrected chi connectivity index (χ2v) is 6.32. The summed E-state index contributed by atoms with van der Waals surface area (Å²) in [6.45, 7) is 1.95. The highest BCUT2D eigenvalue weighted by Gasteiger charge is 2.26. The molecule has 0 aliphatic carbocycles. The van der Waals surface area contributed by atoms with Crippen molar-refractivity contribution in [3.8, 4) is 0 Å². The van der Waals surface area contributed by atoms with E-state index in [4.69, 9.17) is 0 Å². The van der Waals surface area contributed by atoms with Gasteiger partial charge in [0.1, 0.15) is 6.54 Å². The summed E-state index contributed by atoms with van der Waals surface area (Å²) in [4.78, 5) is 31.0. The van der Waals surface area contributed by atoms with Gasteiger partial charge in [0.25, 0.3) is 0 Å². The number of fused-ring (bicyclic) bond motifs is 1. The lowest BCUT2D eigenvalue weighted by atomic mass is 10.1. The zero-order valence-corrected chi connectivity index (χ0v) is 13.5. The van der Waals surface area contributed by atoms with Crippen LogP contribution in [-0.4, -0.2) is 29.1 Å². The second kappa shape index (κ2) is 6.83. The third-order valence-corrected chi connectivity index (χ3v) is 4.74. The van der Waals surface area contributed by atoms with Crippen molar-refractivity contribution in [2.24, 2.45) is 0 Å². The van der Waals surface area contributed by atoms with Crippen molar-refractivity contribution < 1.29 is 9.59 Å². The first-order valence-corrected chi connectivity index (χ1v) is 8.35. The molecule has 6 heteroatoms. The monoisotopic (exact) mass is 327 g/mol. The molecule has 1 unspecified atom stereocenters. The van der Waals surface area contributed by atoms with Crippen molar-refractivity contribution in [3.05, 3.63) is 54.4 Å². The van der Waals surface area contributed by atoms with Crippen LogP contribution in [0, 0.1) is 0 Å². The number of carbonyl (C=O) groups excluding carboxylic acids is 2. The van der Waals surface area contributed by atoms with Gasteiger partial charge in [-0.25, -0.2) is 0 Å². The fourth-order valence-electron chi connectivity index (χ4n) is 2.49. The Morgan fingerprint density at radius 3 is 2.83 bits per heavy atom. The Balaban J connectivity index is 1.69. The van der Waals surface area contributed by atoms with E-state index in [1.807, 2.05) is 43.3 Å². The summed E-state index contributed by atoms with van der Waals surface area (Å²) in [5.74, 6) is 0.147. The third kappa shape index (κ3) is 3.53. The van der Waals surface area contributed by atoms with Crippen molar-refractivity contribution in [3.63, 3.8) is 0 Å². The van der Waals surface area contributed by atoms with Crippen LogP contribution in [0.25, 0.3) is 0 Å². The Labute approximate surface area is 139 Å². The first-order chi connectivity index (χ1) is 11.1. The SMILES string of the molecule is CC(NC(=O)CN1C(=O)CSc2ccccc21)c1ccncc1. The molecule has 23 heavy (non-hydrogen) atoms. The van der Waals surface area contributed by atoms with Crippen LogP contribution in [-0.2, 0) is 9.59 Å². The zero-order chi connectivity index (χ0) is 16.2. The molecule has 1 atom stereocenters. The van der Waals surface area contributed by atoms with E-state index in [1.165, 1.54) is 11.8 Å². The highest BCUT2D eigenvalue weighted by atomic mass is 32.2. The maximum Gasteiger partial charge on any atom is 0.240 e. The molecule has 5 nitrogen and oxygen atoms in total. The number of anilines is 1. The van der Waals surface area contributed by atoms with Crippen LogP contribution < -0.4 is 10.2 Å². The molecule has 2 amide bonds. The van der Waals surface area contributed by atoms with Gasteiger partial charge in [-0.3, -0.25) is 14.6 Å². The number of carbonyl (C=O) groups is 2. The number of benzene rings is 1. The molecule has 1 aliphatic heterocycles. The van der Waals surface area contributed by atoms with Gasteiger partial charge < -0.3 is 10.2 Å². The lowest BCUT2D eigenvalue weighted by Crippen LogP contribution is -2.43. The van der Waals surface area contributed by atoms with Gasteiger partial charge in [0.2, 0.25) is 11.8 Å². The van der Waals surface area contributed by atoms with Crippen LogP contribution in [0.1, 0.15) is 18.5 Å². The molecule has 0 spiro atoms. The van der Waals surface area contributed by atoms with Crippen LogP contribution in [0.5, 0.6) is 0 Å². The van der Waals surface area contributed by atoms with Crippen molar-refractivity contribution in [2.45, 2.75) is 17.9 Å². The smallest absolute Gasteiger partial charge is 0.240 e. The topological polar surface area (TPSA) is 62.3 Å². The molecule has 2 aromatic rings. The summed E-state index contributed by atoms with van der Waals surface area (Å²) in [5, 5.41) is 2.93. The number of nitrogens with zero attached hydrogens (tertiary/aromatic N) is 2. The summed E-state index contributed by atoms with van der Waals surface area (Å²) in [5.41, 5.74) is 1.79. The van der Waals surface area contributed by atoms with E-state index in [2.05, 4.69) is 10.3 Å². The Kier molecular flexibility index (Phi) is 4.62. The number of aromatic nitrogens is 1. The van der Waals surface area contributed by atoms with Gasteiger partial charge in [-0.05, 0) is 36.8 Å². The average molecular weight is 327 g/mol. The molecule has 0 saturated heterocycles. The lowest BCUT2D eigenvalue weighted by molar-refractivity contribution is -0.123. The van der Waals surface area contributed by atoms with E-state index in [9.17, 15) is 9.59 Å². The quantitative estimate of drug-likeness (QED) is 0.937. The van der Waals surface area contributed by atoms with Gasteiger partial charge in [-0.15, -0.1) is 11.8 Å². The number of amides is 2. The summed E-state index contributed by atoms with van der Waals surface area (Å²) >= 11 is 1.51. The molecular formula is C17H17N3O2S. The molecule has 0 saturated carbocycles. The van der Waals surface area contributed by atoms with E-state index in [0.29, 0.717) is 5.75 Å². The van der Waals surface area contributed by atoms with Crippen LogP contribution in [0.15, 0.2) is 53.7 Å². The fourth-order valence-corrected chi connectivity index (χ4v) is 3.43. The number of nitrogens with one attached hydrogen (secondary N) is 1. The number of thioether (sulfide) groups is 1. The van der Waals surface area contributed by atoms with Crippen LogP contribution >= 0.6 is 11.8 Å². The molecule has 1 aliphatic rings. The minimum Gasteiger partial charge on any atom is -0.348 e. The number of pyridine rings is 1. The molecule has 118 valence electrons. The molecule has 2 heterocycles. The molecule has 1 aromatic carbocycles. The summed E-state index contributed by atoms with van der Waals surface area (Å²) < 4.78 is 0. The summed E-state index contributed by atoms with van der Waals surface area (Å²) in [6, 6.07) is 11.3. The first-order valence-electron chi connectivity index (χ1n) is 7.36. The highest BCUT2D eigenvalue weighted by Crippen LogP contribution is 2.34. The normalized spacial score (nSPS) is 15.0. The first kappa shape index (κ1) is 15.6. The fraction of sp³-hybridized carbons (Fsp3) is 0.235. The van der Waals surface area contributed by atoms with Crippen molar-refractivity contribution in [2.75, 3.05) is 17.2 Å². The van der Waals surface area contributed by atoms with Crippen LogP contribution in [0.3, 0.4) is 0 Å². The van der Waals surface area contributed by atoms with E-state index in [-0.39, 0.29) is 24.4 Å². The molecular weight excluding hydrogens is 310 g/mol. The summed E-state index contributed by atoms with van der Waals surface area (Å²) in [6.07, 6.45) is 3.39. The Morgan fingerprint density at radius 1 is 1.30 bits per heavy atom. The minimum atomic E-state index is -0.177. The van der Waals surface area contributed by atoms with Gasteiger partial charge in [0.05, 0.1) is 17.5 Å². The van der Waals surface area contributed by atoms with Gasteiger partial charge in [0.15, 0.2) is 0 Å². The van der Waals surface area contributed by atoms with E-state index < -0.39 is 0 Å². The zero-order valence-electron chi connectivity index (χ0n) is 12.7. The maximum absolute atomic E-state index is 12.3. The van der Waals surface area contributed by atoms with E-state index in [0.717, 1.165) is 16.1 Å². The standard InChI is InChI=1S/C17H17N3O2S/c1-12(13-6-8-18-9-7-13)19-16(21)10-20-14-4-2-3-5-15(14)23-11-17(20)22/h2-9,12H,10-11H2,1H3,(H,19,21). The van der Waals surface area contributed by atoms with Crippen LogP contribution in [0.4, 0.5) is 5.69 Å². The molecule has 1 N–H and O–H groups in total. The number of hydrogen-bond donors (Lipinski definition) is 1. The lowest BCUT2D eigenvalue weighted by Gasteiger charge is -2.28. The van der Waals surface area contributed by atoms with Crippen molar-refractivity contribution >= 4 is 29.3 Å². The molecule has 0 bridgehead atoms. The second-order valence-electron chi connectivity index (χ2n) is 5.31. The average Bonchev–Trinajstić information content (AvgIpc) is 2.58. The van der Waals surface area contributed by atoms with Crippen molar-refractivity contribution in [1.29, 1.82) is 0 Å². The minimum absolute atomic E-state index is 0.0336. The highest BCUT2D eigenvalue weighted by molar-refractivity contribution is 8.00. The van der Waals surface area contributed by atoms with Crippen LogP contribution in [0.2, 0.25) is 0 Å². The predicted molar refractivity (Wildman–Crippen MR) is 90.3 cm³/mol. The summed E-state index contributed by atoms with van der Waals surface area (Å²) in [7, 11) is 0. The Bertz CT molecular complexity index is 721. The third-order valence-electron chi connectivity index (χ3n) is 3.69.